The van der Waals surface area contributed by atoms with Crippen molar-refractivity contribution in [3.05, 3.63) is 63.9 Å². The van der Waals surface area contributed by atoms with E-state index >= 15 is 0 Å². The van der Waals surface area contributed by atoms with Gasteiger partial charge in [0, 0.05) is 27.3 Å². The summed E-state index contributed by atoms with van der Waals surface area (Å²) in [6.45, 7) is 4.71. The van der Waals surface area contributed by atoms with E-state index in [9.17, 15) is 4.79 Å². The molecule has 172 valence electrons. The molecular weight excluding hydrogens is 534 g/mol. The number of amides is 1. The lowest BCUT2D eigenvalue weighted by molar-refractivity contribution is -0.113. The smallest absolute Gasteiger partial charge is 0.236 e. The SMILES string of the molecule is CCn1c(SCC(=O)Nc2nc(-c3ccc(C)cc3)cs2)nnc1-c1cc2cc(Br)ccc2o1. The average molecular weight is 554 g/mol. The average Bonchev–Trinajstić information content (AvgIpc) is 3.55. The first kappa shape index (κ1) is 22.8. The molecule has 34 heavy (non-hydrogen) atoms. The number of rotatable bonds is 7. The Labute approximate surface area is 212 Å². The maximum absolute atomic E-state index is 12.6. The molecule has 0 aliphatic carbocycles. The molecule has 5 rings (SSSR count). The van der Waals surface area contributed by atoms with Crippen LogP contribution in [-0.2, 0) is 11.3 Å². The molecule has 1 N–H and O–H groups in total. The summed E-state index contributed by atoms with van der Waals surface area (Å²) >= 11 is 6.23. The van der Waals surface area contributed by atoms with Crippen molar-refractivity contribution >= 4 is 61.0 Å². The number of aryl methyl sites for hydroxylation is 1. The van der Waals surface area contributed by atoms with Crippen molar-refractivity contribution in [2.45, 2.75) is 25.5 Å². The zero-order valence-electron chi connectivity index (χ0n) is 18.4. The van der Waals surface area contributed by atoms with Crippen LogP contribution in [0.2, 0.25) is 0 Å². The van der Waals surface area contributed by atoms with Gasteiger partial charge in [0.05, 0.1) is 11.4 Å². The molecule has 0 aliphatic heterocycles. The van der Waals surface area contributed by atoms with Gasteiger partial charge in [0.15, 0.2) is 16.0 Å². The third kappa shape index (κ3) is 4.79. The summed E-state index contributed by atoms with van der Waals surface area (Å²) in [5, 5.41) is 15.7. The van der Waals surface area contributed by atoms with Crippen molar-refractivity contribution < 1.29 is 9.21 Å². The lowest BCUT2D eigenvalue weighted by atomic mass is 10.1. The molecule has 2 aromatic carbocycles. The molecule has 10 heteroatoms. The highest BCUT2D eigenvalue weighted by atomic mass is 79.9. The number of hydrogen-bond acceptors (Lipinski definition) is 7. The molecule has 5 aromatic rings. The number of hydrogen-bond donors (Lipinski definition) is 1. The molecule has 0 fully saturated rings. The van der Waals surface area contributed by atoms with Crippen LogP contribution in [0.3, 0.4) is 0 Å². The lowest BCUT2D eigenvalue weighted by Gasteiger charge is -2.05. The quantitative estimate of drug-likeness (QED) is 0.227. The highest BCUT2D eigenvalue weighted by molar-refractivity contribution is 9.10. The third-order valence-corrected chi connectivity index (χ3v) is 7.38. The van der Waals surface area contributed by atoms with Gasteiger partial charge in [0.25, 0.3) is 0 Å². The summed E-state index contributed by atoms with van der Waals surface area (Å²) in [6, 6.07) is 16.0. The van der Waals surface area contributed by atoms with Gasteiger partial charge in [-0.05, 0) is 38.1 Å². The Morgan fingerprint density at radius 1 is 1.18 bits per heavy atom. The number of halogens is 1. The summed E-state index contributed by atoms with van der Waals surface area (Å²) in [4.78, 5) is 17.1. The molecule has 0 spiro atoms. The van der Waals surface area contributed by atoms with Crippen LogP contribution in [0.5, 0.6) is 0 Å². The van der Waals surface area contributed by atoms with Crippen LogP contribution >= 0.6 is 39.0 Å². The molecule has 0 unspecified atom stereocenters. The van der Waals surface area contributed by atoms with Crippen LogP contribution in [0.4, 0.5) is 5.13 Å². The van der Waals surface area contributed by atoms with E-state index in [-0.39, 0.29) is 11.7 Å². The molecule has 0 bridgehead atoms. The van der Waals surface area contributed by atoms with Crippen molar-refractivity contribution in [3.8, 4) is 22.8 Å². The van der Waals surface area contributed by atoms with Crippen molar-refractivity contribution in [1.29, 1.82) is 0 Å². The second-order valence-electron chi connectivity index (χ2n) is 7.58. The fourth-order valence-corrected chi connectivity index (χ4v) is 5.38. The van der Waals surface area contributed by atoms with Gasteiger partial charge in [0.1, 0.15) is 5.58 Å². The Morgan fingerprint density at radius 3 is 2.79 bits per heavy atom. The summed E-state index contributed by atoms with van der Waals surface area (Å²) < 4.78 is 8.91. The molecule has 0 radical (unpaired) electrons. The molecule has 0 aliphatic rings. The van der Waals surface area contributed by atoms with E-state index in [0.29, 0.717) is 28.4 Å². The topological polar surface area (TPSA) is 85.8 Å². The van der Waals surface area contributed by atoms with Gasteiger partial charge in [-0.1, -0.05) is 57.5 Å². The van der Waals surface area contributed by atoms with E-state index in [4.69, 9.17) is 4.42 Å². The van der Waals surface area contributed by atoms with Crippen molar-refractivity contribution in [2.75, 3.05) is 11.1 Å². The Balaban J connectivity index is 1.26. The van der Waals surface area contributed by atoms with Crippen LogP contribution in [0, 0.1) is 6.92 Å². The predicted molar refractivity (Wildman–Crippen MR) is 140 cm³/mol. The number of fused-ring (bicyclic) bond motifs is 1. The Morgan fingerprint density at radius 2 is 2.00 bits per heavy atom. The van der Waals surface area contributed by atoms with Gasteiger partial charge in [-0.15, -0.1) is 21.5 Å². The lowest BCUT2D eigenvalue weighted by Crippen LogP contribution is -2.14. The van der Waals surface area contributed by atoms with E-state index in [1.54, 1.807) is 0 Å². The van der Waals surface area contributed by atoms with Crippen LogP contribution in [0.1, 0.15) is 12.5 Å². The van der Waals surface area contributed by atoms with Crippen molar-refractivity contribution in [3.63, 3.8) is 0 Å². The van der Waals surface area contributed by atoms with E-state index < -0.39 is 0 Å². The molecular formula is C24H20BrN5O2S2. The molecule has 1 amide bonds. The Kier molecular flexibility index (Phi) is 6.53. The van der Waals surface area contributed by atoms with Crippen LogP contribution in [-0.4, -0.2) is 31.4 Å². The zero-order valence-corrected chi connectivity index (χ0v) is 21.6. The van der Waals surface area contributed by atoms with E-state index in [1.807, 2.05) is 72.3 Å². The number of carbonyl (C=O) groups is 1. The molecule has 0 atom stereocenters. The van der Waals surface area contributed by atoms with Gasteiger partial charge in [0.2, 0.25) is 11.7 Å². The molecule has 7 nitrogen and oxygen atoms in total. The summed E-state index contributed by atoms with van der Waals surface area (Å²) in [5.74, 6) is 1.34. The van der Waals surface area contributed by atoms with Crippen molar-refractivity contribution in [2.24, 2.45) is 0 Å². The fourth-order valence-electron chi connectivity index (χ4n) is 3.46. The Hall–Kier alpha value is -2.95. The van der Waals surface area contributed by atoms with Crippen LogP contribution in [0.15, 0.2) is 68.0 Å². The molecule has 3 heterocycles. The number of nitrogens with zero attached hydrogens (tertiary/aromatic N) is 4. The van der Waals surface area contributed by atoms with Gasteiger partial charge in [-0.25, -0.2) is 4.98 Å². The Bertz CT molecular complexity index is 1470. The highest BCUT2D eigenvalue weighted by Crippen LogP contribution is 2.31. The fraction of sp³-hybridized carbons (Fsp3) is 0.167. The van der Waals surface area contributed by atoms with Crippen LogP contribution in [0.25, 0.3) is 33.8 Å². The molecule has 0 saturated heterocycles. The first-order valence-corrected chi connectivity index (χ1v) is 13.2. The van der Waals surface area contributed by atoms with E-state index in [0.717, 1.165) is 26.7 Å². The van der Waals surface area contributed by atoms with E-state index in [1.165, 1.54) is 28.7 Å². The monoisotopic (exact) mass is 553 g/mol. The maximum atomic E-state index is 12.6. The summed E-state index contributed by atoms with van der Waals surface area (Å²) in [6.07, 6.45) is 0. The second kappa shape index (κ2) is 9.73. The number of thiazole rings is 1. The van der Waals surface area contributed by atoms with Gasteiger partial charge in [-0.3, -0.25) is 9.36 Å². The first-order valence-electron chi connectivity index (χ1n) is 10.6. The number of aromatic nitrogens is 4. The van der Waals surface area contributed by atoms with Crippen LogP contribution < -0.4 is 5.32 Å². The second-order valence-corrected chi connectivity index (χ2v) is 10.3. The number of furan rings is 1. The standard InChI is InChI=1S/C24H20BrN5O2S2/c1-3-30-22(20-11-16-10-17(25)8-9-19(16)32-20)28-29-24(30)34-13-21(31)27-23-26-18(12-33-23)15-6-4-14(2)5-7-15/h4-12H,3,13H2,1-2H3,(H,26,27,31). The normalized spacial score (nSPS) is 11.3. The molecule has 0 saturated carbocycles. The van der Waals surface area contributed by atoms with E-state index in [2.05, 4.69) is 36.4 Å². The van der Waals surface area contributed by atoms with Gasteiger partial charge in [-0.2, -0.15) is 0 Å². The minimum Gasteiger partial charge on any atom is -0.453 e. The molecule has 3 aromatic heterocycles. The summed E-state index contributed by atoms with van der Waals surface area (Å²) in [7, 11) is 0. The van der Waals surface area contributed by atoms with Gasteiger partial charge < -0.3 is 9.73 Å². The summed E-state index contributed by atoms with van der Waals surface area (Å²) in [5.41, 5.74) is 3.85. The largest absolute Gasteiger partial charge is 0.453 e. The third-order valence-electron chi connectivity index (χ3n) is 5.16. The van der Waals surface area contributed by atoms with Crippen molar-refractivity contribution in [1.82, 2.24) is 19.7 Å². The predicted octanol–water partition coefficient (Wildman–Crippen LogP) is 6.64. The maximum Gasteiger partial charge on any atom is 0.236 e. The number of anilines is 1. The number of benzene rings is 2. The minimum atomic E-state index is -0.143. The minimum absolute atomic E-state index is 0.143. The number of carbonyl (C=O) groups excluding carboxylic acids is 1. The zero-order chi connectivity index (χ0) is 23.7. The van der Waals surface area contributed by atoms with Gasteiger partial charge >= 0.3 is 0 Å². The first-order chi connectivity index (χ1) is 16.5. The highest BCUT2D eigenvalue weighted by Gasteiger charge is 2.18. The number of nitrogens with one attached hydrogen (secondary N) is 1. The number of thioether (sulfide) groups is 1.